The molecule has 0 amide bonds. The van der Waals surface area contributed by atoms with Crippen LogP contribution in [0.1, 0.15) is 45.2 Å². The summed E-state index contributed by atoms with van der Waals surface area (Å²) in [5, 5.41) is 3.40. The highest BCUT2D eigenvalue weighted by Crippen LogP contribution is 2.24. The topological polar surface area (TPSA) is 65.0 Å². The Bertz CT molecular complexity index is 845. The van der Waals surface area contributed by atoms with Crippen molar-refractivity contribution in [3.8, 4) is 0 Å². The first-order valence-corrected chi connectivity index (χ1v) is 12.7. The number of sulfone groups is 1. The largest absolute Gasteiger partial charge is 0.352 e. The van der Waals surface area contributed by atoms with Gasteiger partial charge < -0.3 is 10.2 Å². The fraction of sp³-hybridized carbons (Fsp3) is 0.696. The maximum atomic E-state index is 12.3. The molecule has 0 aliphatic carbocycles. The molecule has 176 valence electrons. The van der Waals surface area contributed by atoms with Crippen molar-refractivity contribution in [1.29, 1.82) is 0 Å². The molecule has 6 nitrogen and oxygen atoms in total. The lowest BCUT2D eigenvalue weighted by Gasteiger charge is -2.39. The molecule has 8 heteroatoms. The Balaban J connectivity index is 0.00000341. The molecule has 2 aliphatic heterocycles. The number of benzene rings is 1. The minimum absolute atomic E-state index is 0. The van der Waals surface area contributed by atoms with Gasteiger partial charge in [-0.15, -0.1) is 24.0 Å². The van der Waals surface area contributed by atoms with Gasteiger partial charge in [0, 0.05) is 46.3 Å². The van der Waals surface area contributed by atoms with Crippen molar-refractivity contribution < 1.29 is 8.42 Å². The SMILES string of the molecule is CN=C(NCc1ccc(CN2CC(C)CC(C)C2)cc1)N1CCS(=O)(=O)C(C)(C)C1.I. The summed E-state index contributed by atoms with van der Waals surface area (Å²) >= 11 is 0. The average molecular weight is 563 g/mol. The summed E-state index contributed by atoms with van der Waals surface area (Å²) in [7, 11) is -1.30. The van der Waals surface area contributed by atoms with E-state index in [9.17, 15) is 8.42 Å². The Morgan fingerprint density at radius 3 is 2.26 bits per heavy atom. The van der Waals surface area contributed by atoms with Crippen LogP contribution in [0.4, 0.5) is 0 Å². The van der Waals surface area contributed by atoms with E-state index in [4.69, 9.17) is 0 Å². The highest BCUT2D eigenvalue weighted by atomic mass is 127. The van der Waals surface area contributed by atoms with Gasteiger partial charge in [-0.25, -0.2) is 8.42 Å². The molecule has 3 rings (SSSR count). The molecule has 2 heterocycles. The van der Waals surface area contributed by atoms with Crippen LogP contribution in [0.2, 0.25) is 0 Å². The van der Waals surface area contributed by atoms with Crippen LogP contribution in [0.25, 0.3) is 0 Å². The minimum Gasteiger partial charge on any atom is -0.352 e. The number of nitrogens with zero attached hydrogens (tertiary/aromatic N) is 3. The lowest BCUT2D eigenvalue weighted by Crippen LogP contribution is -2.57. The third-order valence-corrected chi connectivity index (χ3v) is 8.91. The molecule has 0 saturated carbocycles. The van der Waals surface area contributed by atoms with Crippen molar-refractivity contribution in [2.24, 2.45) is 16.8 Å². The number of halogens is 1. The Kier molecular flexibility index (Phi) is 9.22. The van der Waals surface area contributed by atoms with Crippen LogP contribution in [-0.4, -0.2) is 67.9 Å². The molecule has 1 aromatic carbocycles. The first-order chi connectivity index (χ1) is 14.1. The number of hydrogen-bond acceptors (Lipinski definition) is 4. The maximum absolute atomic E-state index is 12.3. The Morgan fingerprint density at radius 2 is 1.71 bits per heavy atom. The van der Waals surface area contributed by atoms with E-state index >= 15 is 0 Å². The van der Waals surface area contributed by atoms with Crippen molar-refractivity contribution >= 4 is 39.8 Å². The predicted octanol–water partition coefficient (Wildman–Crippen LogP) is 3.37. The van der Waals surface area contributed by atoms with Gasteiger partial charge in [-0.2, -0.15) is 0 Å². The molecule has 2 atom stereocenters. The summed E-state index contributed by atoms with van der Waals surface area (Å²) in [5.74, 6) is 2.49. The van der Waals surface area contributed by atoms with Crippen molar-refractivity contribution in [2.45, 2.75) is 52.0 Å². The lowest BCUT2D eigenvalue weighted by atomic mass is 9.91. The summed E-state index contributed by atoms with van der Waals surface area (Å²) in [4.78, 5) is 9.00. The molecule has 2 fully saturated rings. The van der Waals surface area contributed by atoms with Gasteiger partial charge in [0.15, 0.2) is 15.8 Å². The second-order valence-electron chi connectivity index (χ2n) is 9.86. The van der Waals surface area contributed by atoms with Gasteiger partial charge in [-0.05, 0) is 43.2 Å². The summed E-state index contributed by atoms with van der Waals surface area (Å²) in [5.41, 5.74) is 2.55. The third-order valence-electron chi connectivity index (χ3n) is 6.38. The zero-order chi connectivity index (χ0) is 21.9. The quantitative estimate of drug-likeness (QED) is 0.347. The molecule has 0 bridgehead atoms. The third kappa shape index (κ3) is 6.81. The van der Waals surface area contributed by atoms with E-state index in [1.54, 1.807) is 20.9 Å². The van der Waals surface area contributed by atoms with Crippen LogP contribution in [0.15, 0.2) is 29.3 Å². The molecule has 1 aromatic rings. The Labute approximate surface area is 205 Å². The first kappa shape index (κ1) is 26.4. The molecule has 0 aromatic heterocycles. The minimum atomic E-state index is -3.06. The second-order valence-corrected chi connectivity index (χ2v) is 12.6. The lowest BCUT2D eigenvalue weighted by molar-refractivity contribution is 0.134. The summed E-state index contributed by atoms with van der Waals surface area (Å²) in [6.45, 7) is 13.3. The van der Waals surface area contributed by atoms with Crippen LogP contribution in [0, 0.1) is 11.8 Å². The predicted molar refractivity (Wildman–Crippen MR) is 140 cm³/mol. The molecule has 2 aliphatic rings. The van der Waals surface area contributed by atoms with Crippen LogP contribution in [0.5, 0.6) is 0 Å². The van der Waals surface area contributed by atoms with Gasteiger partial charge in [-0.1, -0.05) is 38.1 Å². The zero-order valence-corrected chi connectivity index (χ0v) is 22.7. The van der Waals surface area contributed by atoms with E-state index in [1.807, 2.05) is 4.90 Å². The zero-order valence-electron chi connectivity index (χ0n) is 19.6. The molecule has 0 radical (unpaired) electrons. The van der Waals surface area contributed by atoms with Crippen LogP contribution < -0.4 is 5.32 Å². The second kappa shape index (κ2) is 10.8. The highest BCUT2D eigenvalue weighted by molar-refractivity contribution is 14.0. The van der Waals surface area contributed by atoms with Crippen molar-refractivity contribution in [3.05, 3.63) is 35.4 Å². The number of guanidine groups is 1. The first-order valence-electron chi connectivity index (χ1n) is 11.1. The van der Waals surface area contributed by atoms with Crippen LogP contribution >= 0.6 is 24.0 Å². The normalized spacial score (nSPS) is 26.2. The Morgan fingerprint density at radius 1 is 1.13 bits per heavy atom. The van der Waals surface area contributed by atoms with Gasteiger partial charge in [0.25, 0.3) is 0 Å². The van der Waals surface area contributed by atoms with Crippen LogP contribution in [-0.2, 0) is 22.9 Å². The molecule has 0 spiro atoms. The van der Waals surface area contributed by atoms with Gasteiger partial charge >= 0.3 is 0 Å². The standard InChI is InChI=1S/C23H38N4O2S.HI/c1-18-12-19(2)15-26(14-18)16-21-8-6-20(7-9-21)13-25-22(24-5)27-10-11-30(28,29)23(3,4)17-27;/h6-9,18-19H,10-17H2,1-5H3,(H,24,25);1H. The fourth-order valence-corrected chi connectivity index (χ4v) is 6.15. The smallest absolute Gasteiger partial charge is 0.193 e. The number of nitrogens with one attached hydrogen (secondary N) is 1. The fourth-order valence-electron chi connectivity index (χ4n) is 4.78. The number of piperidine rings is 1. The van der Waals surface area contributed by atoms with E-state index in [0.29, 0.717) is 19.6 Å². The summed E-state index contributed by atoms with van der Waals surface area (Å²) < 4.78 is 23.8. The molecule has 2 unspecified atom stereocenters. The van der Waals surface area contributed by atoms with Gasteiger partial charge in [-0.3, -0.25) is 9.89 Å². The van der Waals surface area contributed by atoms with E-state index in [2.05, 4.69) is 53.3 Å². The molecule has 31 heavy (non-hydrogen) atoms. The Hall–Kier alpha value is -0.870. The highest BCUT2D eigenvalue weighted by Gasteiger charge is 2.40. The van der Waals surface area contributed by atoms with E-state index in [1.165, 1.54) is 30.6 Å². The van der Waals surface area contributed by atoms with Gasteiger partial charge in [0.1, 0.15) is 0 Å². The average Bonchev–Trinajstić information content (AvgIpc) is 2.65. The monoisotopic (exact) mass is 562 g/mol. The van der Waals surface area contributed by atoms with Crippen molar-refractivity contribution in [1.82, 2.24) is 15.1 Å². The molecule has 2 saturated heterocycles. The van der Waals surface area contributed by atoms with Crippen molar-refractivity contribution in [2.75, 3.05) is 39.0 Å². The summed E-state index contributed by atoms with van der Waals surface area (Å²) in [6.07, 6.45) is 1.34. The molecular weight excluding hydrogens is 523 g/mol. The van der Waals surface area contributed by atoms with Crippen LogP contribution in [0.3, 0.4) is 0 Å². The number of hydrogen-bond donors (Lipinski definition) is 1. The maximum Gasteiger partial charge on any atom is 0.193 e. The number of likely N-dealkylation sites (tertiary alicyclic amines) is 1. The van der Waals surface area contributed by atoms with Crippen molar-refractivity contribution in [3.63, 3.8) is 0 Å². The number of rotatable bonds is 4. The number of aliphatic imine (C=N–C) groups is 1. The van der Waals surface area contributed by atoms with E-state index in [0.717, 1.165) is 24.3 Å². The molecular formula is C23H39IN4O2S. The molecule has 1 N–H and O–H groups in total. The van der Waals surface area contributed by atoms with Gasteiger partial charge in [0.05, 0.1) is 10.5 Å². The van der Waals surface area contributed by atoms with E-state index in [-0.39, 0.29) is 29.7 Å². The van der Waals surface area contributed by atoms with E-state index < -0.39 is 14.6 Å². The van der Waals surface area contributed by atoms with Gasteiger partial charge in [0.2, 0.25) is 0 Å². The summed E-state index contributed by atoms with van der Waals surface area (Å²) in [6, 6.07) is 8.80.